The Balaban J connectivity index is 1.75. The van der Waals surface area contributed by atoms with Gasteiger partial charge in [0.15, 0.2) is 0 Å². The normalized spacial score (nSPS) is 17.3. The van der Waals surface area contributed by atoms with Crippen molar-refractivity contribution in [3.63, 3.8) is 0 Å². The molecular formula is C14H17N5O2. The molecule has 1 amide bonds. The number of nitrogens with zero attached hydrogens (tertiary/aromatic N) is 2. The fraction of sp³-hybridized carbons (Fsp3) is 0.429. The van der Waals surface area contributed by atoms with E-state index in [2.05, 4.69) is 25.7 Å². The molecule has 0 spiro atoms. The molecular weight excluding hydrogens is 270 g/mol. The molecule has 0 radical (unpaired) electrons. The van der Waals surface area contributed by atoms with Gasteiger partial charge in [0.1, 0.15) is 0 Å². The maximum Gasteiger partial charge on any atom is 0.264 e. The highest BCUT2D eigenvalue weighted by Crippen LogP contribution is 2.18. The van der Waals surface area contributed by atoms with Crippen molar-refractivity contribution in [2.45, 2.75) is 39.2 Å². The van der Waals surface area contributed by atoms with Gasteiger partial charge in [0.2, 0.25) is 0 Å². The number of hydrogen-bond acceptors (Lipinski definition) is 4. The first kappa shape index (κ1) is 13.5. The first-order valence-corrected chi connectivity index (χ1v) is 6.94. The zero-order valence-corrected chi connectivity index (χ0v) is 12.0. The van der Waals surface area contributed by atoms with Crippen LogP contribution in [0.15, 0.2) is 10.9 Å². The van der Waals surface area contributed by atoms with Crippen molar-refractivity contribution in [3.05, 3.63) is 44.6 Å². The predicted octanol–water partition coefficient (Wildman–Crippen LogP) is 0.397. The molecule has 0 aromatic carbocycles. The highest BCUT2D eigenvalue weighted by molar-refractivity contribution is 5.96. The zero-order valence-electron chi connectivity index (χ0n) is 12.0. The van der Waals surface area contributed by atoms with Crippen LogP contribution in [0.25, 0.3) is 0 Å². The number of fused-ring (bicyclic) bond motifs is 1. The van der Waals surface area contributed by atoms with Gasteiger partial charge in [-0.3, -0.25) is 14.7 Å². The van der Waals surface area contributed by atoms with Crippen LogP contribution < -0.4 is 10.9 Å². The second-order valence-electron chi connectivity index (χ2n) is 5.43. The Bertz CT molecular complexity index is 727. The molecule has 110 valence electrons. The number of hydrogen-bond donors (Lipinski definition) is 3. The van der Waals surface area contributed by atoms with E-state index in [4.69, 9.17) is 0 Å². The summed E-state index contributed by atoms with van der Waals surface area (Å²) in [4.78, 5) is 23.7. The molecule has 1 aliphatic rings. The molecule has 1 atom stereocenters. The molecule has 0 saturated carbocycles. The minimum absolute atomic E-state index is 0.0160. The first-order valence-electron chi connectivity index (χ1n) is 6.94. The summed E-state index contributed by atoms with van der Waals surface area (Å²) in [5.41, 5.74) is 3.68. The minimum atomic E-state index is -0.206. The monoisotopic (exact) mass is 287 g/mol. The van der Waals surface area contributed by atoms with Crippen molar-refractivity contribution < 1.29 is 4.79 Å². The van der Waals surface area contributed by atoms with Gasteiger partial charge in [-0.1, -0.05) is 0 Å². The van der Waals surface area contributed by atoms with Crippen LogP contribution in [-0.2, 0) is 12.8 Å². The number of H-pyrrole nitrogens is 2. The molecule has 3 N–H and O–H groups in total. The van der Waals surface area contributed by atoms with Gasteiger partial charge >= 0.3 is 0 Å². The molecule has 0 saturated heterocycles. The zero-order chi connectivity index (χ0) is 15.0. The Labute approximate surface area is 121 Å². The maximum absolute atomic E-state index is 12.3. The van der Waals surface area contributed by atoms with Crippen LogP contribution in [0.4, 0.5) is 0 Å². The van der Waals surface area contributed by atoms with Gasteiger partial charge in [-0.05, 0) is 38.7 Å². The maximum atomic E-state index is 12.3. The lowest BCUT2D eigenvalue weighted by atomic mass is 9.92. The average molecular weight is 287 g/mol. The second kappa shape index (κ2) is 5.16. The Morgan fingerprint density at radius 2 is 2.14 bits per heavy atom. The molecule has 0 fully saturated rings. The van der Waals surface area contributed by atoms with Crippen LogP contribution in [0.2, 0.25) is 0 Å². The molecule has 2 heterocycles. The Morgan fingerprint density at radius 1 is 1.33 bits per heavy atom. The third-order valence-corrected chi connectivity index (χ3v) is 3.86. The fourth-order valence-electron chi connectivity index (χ4n) is 2.81. The Kier molecular flexibility index (Phi) is 3.32. The van der Waals surface area contributed by atoms with Crippen molar-refractivity contribution in [3.8, 4) is 0 Å². The van der Waals surface area contributed by atoms with Gasteiger partial charge < -0.3 is 5.32 Å². The standard InChI is InChI=1S/C14H17N5O2/c1-7-13(8(2)17-16-7)14(21)15-10-3-4-11-9(5-10)6-12(20)19-18-11/h6,10H,3-5H2,1-2H3,(H,15,21)(H,16,17)(H,19,20)/t10-/m0/s1. The number of aryl methyl sites for hydroxylation is 3. The van der Waals surface area contributed by atoms with Crippen LogP contribution in [0.1, 0.15) is 39.4 Å². The van der Waals surface area contributed by atoms with Gasteiger partial charge in [-0.15, -0.1) is 0 Å². The third-order valence-electron chi connectivity index (χ3n) is 3.86. The summed E-state index contributed by atoms with van der Waals surface area (Å²) in [6.07, 6.45) is 2.20. The molecule has 2 aromatic rings. The lowest BCUT2D eigenvalue weighted by Crippen LogP contribution is -2.40. The van der Waals surface area contributed by atoms with E-state index in [9.17, 15) is 9.59 Å². The molecule has 3 rings (SSSR count). The van der Waals surface area contributed by atoms with Crippen LogP contribution in [0, 0.1) is 13.8 Å². The molecule has 7 nitrogen and oxygen atoms in total. The van der Waals surface area contributed by atoms with E-state index in [0.29, 0.717) is 17.7 Å². The molecule has 2 aromatic heterocycles. The van der Waals surface area contributed by atoms with Gasteiger partial charge in [-0.25, -0.2) is 5.10 Å². The second-order valence-corrected chi connectivity index (χ2v) is 5.43. The number of carbonyl (C=O) groups is 1. The molecule has 21 heavy (non-hydrogen) atoms. The highest BCUT2D eigenvalue weighted by atomic mass is 16.1. The third kappa shape index (κ3) is 2.58. The molecule has 1 aliphatic carbocycles. The largest absolute Gasteiger partial charge is 0.349 e. The quantitative estimate of drug-likeness (QED) is 0.743. The number of amides is 1. The van der Waals surface area contributed by atoms with E-state index in [1.165, 1.54) is 0 Å². The van der Waals surface area contributed by atoms with E-state index in [0.717, 1.165) is 29.8 Å². The van der Waals surface area contributed by atoms with E-state index >= 15 is 0 Å². The van der Waals surface area contributed by atoms with Crippen molar-refractivity contribution in [2.24, 2.45) is 0 Å². The highest BCUT2D eigenvalue weighted by Gasteiger charge is 2.24. The number of carbonyl (C=O) groups excluding carboxylic acids is 1. The van der Waals surface area contributed by atoms with Crippen molar-refractivity contribution >= 4 is 5.91 Å². The lowest BCUT2D eigenvalue weighted by molar-refractivity contribution is 0.0932. The van der Waals surface area contributed by atoms with Gasteiger partial charge in [0.25, 0.3) is 11.5 Å². The molecule has 0 bridgehead atoms. The van der Waals surface area contributed by atoms with Gasteiger partial charge in [0.05, 0.1) is 17.0 Å². The number of aromatic amines is 2. The summed E-state index contributed by atoms with van der Waals surface area (Å²) >= 11 is 0. The number of rotatable bonds is 2. The number of nitrogens with one attached hydrogen (secondary N) is 3. The summed E-state index contributed by atoms with van der Waals surface area (Å²) in [6.45, 7) is 3.63. The lowest BCUT2D eigenvalue weighted by Gasteiger charge is -2.24. The molecule has 0 unspecified atom stereocenters. The van der Waals surface area contributed by atoms with Crippen molar-refractivity contribution in [2.75, 3.05) is 0 Å². The smallest absolute Gasteiger partial charge is 0.264 e. The Morgan fingerprint density at radius 3 is 2.86 bits per heavy atom. The first-order chi connectivity index (χ1) is 10.0. The minimum Gasteiger partial charge on any atom is -0.349 e. The predicted molar refractivity (Wildman–Crippen MR) is 76.2 cm³/mol. The van der Waals surface area contributed by atoms with Crippen LogP contribution >= 0.6 is 0 Å². The van der Waals surface area contributed by atoms with E-state index in [1.54, 1.807) is 13.0 Å². The van der Waals surface area contributed by atoms with Crippen LogP contribution in [0.3, 0.4) is 0 Å². The fourth-order valence-corrected chi connectivity index (χ4v) is 2.81. The van der Waals surface area contributed by atoms with Gasteiger partial charge in [-0.2, -0.15) is 10.2 Å². The Hall–Kier alpha value is -2.44. The van der Waals surface area contributed by atoms with Crippen molar-refractivity contribution in [1.29, 1.82) is 0 Å². The summed E-state index contributed by atoms with van der Waals surface area (Å²) in [7, 11) is 0. The number of aromatic nitrogens is 4. The molecule has 7 heteroatoms. The van der Waals surface area contributed by atoms with Gasteiger partial charge in [0, 0.05) is 17.8 Å². The van der Waals surface area contributed by atoms with E-state index in [1.807, 2.05) is 6.92 Å². The topological polar surface area (TPSA) is 104 Å². The van der Waals surface area contributed by atoms with E-state index < -0.39 is 0 Å². The summed E-state index contributed by atoms with van der Waals surface area (Å²) in [5, 5.41) is 16.4. The van der Waals surface area contributed by atoms with Crippen molar-refractivity contribution in [1.82, 2.24) is 25.7 Å². The summed E-state index contributed by atoms with van der Waals surface area (Å²) in [6, 6.07) is 1.58. The van der Waals surface area contributed by atoms with Crippen LogP contribution in [0.5, 0.6) is 0 Å². The van der Waals surface area contributed by atoms with Crippen LogP contribution in [-0.4, -0.2) is 32.3 Å². The summed E-state index contributed by atoms with van der Waals surface area (Å²) in [5.74, 6) is -0.120. The van der Waals surface area contributed by atoms with E-state index in [-0.39, 0.29) is 17.5 Å². The summed E-state index contributed by atoms with van der Waals surface area (Å²) < 4.78 is 0. The molecule has 0 aliphatic heterocycles. The average Bonchev–Trinajstić information content (AvgIpc) is 2.77. The SMILES string of the molecule is Cc1n[nH]c(C)c1C(=O)N[C@H]1CCc2n[nH]c(=O)cc2C1.